The van der Waals surface area contributed by atoms with Crippen LogP contribution in [-0.2, 0) is 0 Å². The van der Waals surface area contributed by atoms with Crippen LogP contribution in [0.15, 0.2) is 42.1 Å². The average Bonchev–Trinajstić information content (AvgIpc) is 2.43. The first-order valence-electron chi connectivity index (χ1n) is 5.90. The van der Waals surface area contributed by atoms with Gasteiger partial charge in [0, 0.05) is 24.3 Å². The van der Waals surface area contributed by atoms with E-state index in [9.17, 15) is 20.2 Å². The van der Waals surface area contributed by atoms with Gasteiger partial charge in [0.15, 0.2) is 0 Å². The fourth-order valence-corrected chi connectivity index (χ4v) is 2.31. The van der Waals surface area contributed by atoms with Crippen molar-refractivity contribution in [3.8, 4) is 0 Å². The van der Waals surface area contributed by atoms with E-state index in [4.69, 9.17) is 0 Å². The van der Waals surface area contributed by atoms with Crippen molar-refractivity contribution in [1.29, 1.82) is 0 Å². The molecule has 2 atom stereocenters. The Kier molecular flexibility index (Phi) is 2.63. The molecule has 8 heteroatoms. The van der Waals surface area contributed by atoms with E-state index in [1.807, 2.05) is 0 Å². The lowest BCUT2D eigenvalue weighted by molar-refractivity contribution is -0.419. The number of rotatable bonds is 2. The molecular weight excluding hydrogens is 264 g/mol. The second kappa shape index (κ2) is 4.34. The Morgan fingerprint density at radius 1 is 1.00 bits per heavy atom. The molecule has 0 saturated heterocycles. The van der Waals surface area contributed by atoms with Gasteiger partial charge in [-0.25, -0.2) is 0 Å². The van der Waals surface area contributed by atoms with Crippen molar-refractivity contribution in [3.63, 3.8) is 0 Å². The van der Waals surface area contributed by atoms with Crippen molar-refractivity contribution in [2.75, 3.05) is 10.6 Å². The van der Waals surface area contributed by atoms with Gasteiger partial charge >= 0.3 is 0 Å². The maximum Gasteiger partial charge on any atom is 0.271 e. The fourth-order valence-electron chi connectivity index (χ4n) is 2.31. The molecule has 0 spiro atoms. The van der Waals surface area contributed by atoms with Gasteiger partial charge in [-0.05, 0) is 6.07 Å². The van der Waals surface area contributed by atoms with Crippen LogP contribution in [-0.4, -0.2) is 21.9 Å². The van der Waals surface area contributed by atoms with Gasteiger partial charge in [0.1, 0.15) is 0 Å². The van der Waals surface area contributed by atoms with Crippen LogP contribution in [0.3, 0.4) is 0 Å². The number of nitro benzene ring substituents is 1. The molecule has 0 fully saturated rings. The molecule has 2 unspecified atom stereocenters. The van der Waals surface area contributed by atoms with Gasteiger partial charge in [0.05, 0.1) is 33.3 Å². The predicted molar refractivity (Wildman–Crippen MR) is 72.1 cm³/mol. The third kappa shape index (κ3) is 1.96. The number of hydrogen-bond acceptors (Lipinski definition) is 6. The molecule has 0 aromatic heterocycles. The van der Waals surface area contributed by atoms with Gasteiger partial charge in [-0.2, -0.15) is 0 Å². The predicted octanol–water partition coefficient (Wildman–Crippen LogP) is 1.90. The van der Waals surface area contributed by atoms with E-state index in [1.54, 1.807) is 12.1 Å². The molecule has 1 aromatic carbocycles. The molecule has 102 valence electrons. The first-order valence-corrected chi connectivity index (χ1v) is 5.90. The Balaban J connectivity index is 1.93. The minimum Gasteiger partial charge on any atom is -0.375 e. The molecule has 20 heavy (non-hydrogen) atoms. The summed E-state index contributed by atoms with van der Waals surface area (Å²) in [6, 6.07) is 4.00. The highest BCUT2D eigenvalue weighted by Gasteiger charge is 2.30. The normalized spacial score (nSPS) is 22.7. The van der Waals surface area contributed by atoms with E-state index in [0.29, 0.717) is 11.4 Å². The molecule has 1 aliphatic heterocycles. The second-order valence-corrected chi connectivity index (χ2v) is 4.53. The van der Waals surface area contributed by atoms with Crippen LogP contribution in [0, 0.1) is 20.2 Å². The molecule has 2 N–H and O–H groups in total. The van der Waals surface area contributed by atoms with Gasteiger partial charge in [-0.15, -0.1) is 0 Å². The molecule has 0 bridgehead atoms. The molecule has 2 aliphatic rings. The highest BCUT2D eigenvalue weighted by atomic mass is 16.6. The lowest BCUT2D eigenvalue weighted by Crippen LogP contribution is -2.42. The molecule has 3 rings (SSSR count). The zero-order valence-electron chi connectivity index (χ0n) is 10.1. The van der Waals surface area contributed by atoms with Crippen LogP contribution in [0.1, 0.15) is 0 Å². The topological polar surface area (TPSA) is 110 Å². The van der Waals surface area contributed by atoms with Gasteiger partial charge in [0.2, 0.25) is 0 Å². The van der Waals surface area contributed by atoms with Crippen molar-refractivity contribution in [2.24, 2.45) is 0 Å². The summed E-state index contributed by atoms with van der Waals surface area (Å²) in [5, 5.41) is 27.8. The van der Waals surface area contributed by atoms with Crippen molar-refractivity contribution < 1.29 is 9.85 Å². The van der Waals surface area contributed by atoms with E-state index in [1.165, 1.54) is 24.3 Å². The van der Waals surface area contributed by atoms with Crippen LogP contribution in [0.4, 0.5) is 17.1 Å². The number of non-ortho nitro benzene ring substituents is 1. The summed E-state index contributed by atoms with van der Waals surface area (Å²) >= 11 is 0. The SMILES string of the molecule is O=[N+]([O-])C1=CC2Nc3ccc([N+](=O)[O-])cc3NC2C=C1. The van der Waals surface area contributed by atoms with Crippen LogP contribution < -0.4 is 10.6 Å². The Morgan fingerprint density at radius 2 is 1.75 bits per heavy atom. The second-order valence-electron chi connectivity index (χ2n) is 4.53. The molecule has 0 radical (unpaired) electrons. The lowest BCUT2D eigenvalue weighted by Gasteiger charge is -2.33. The first kappa shape index (κ1) is 12.2. The number of nitrogens with zero attached hydrogens (tertiary/aromatic N) is 2. The smallest absolute Gasteiger partial charge is 0.271 e. The highest BCUT2D eigenvalue weighted by Crippen LogP contribution is 2.34. The summed E-state index contributed by atoms with van der Waals surface area (Å²) in [5.74, 6) is 0. The number of nitro groups is 2. The summed E-state index contributed by atoms with van der Waals surface area (Å²) in [5.41, 5.74) is 1.33. The first-order chi connectivity index (χ1) is 9.54. The summed E-state index contributed by atoms with van der Waals surface area (Å²) in [7, 11) is 0. The third-order valence-corrected chi connectivity index (χ3v) is 3.28. The number of anilines is 2. The summed E-state index contributed by atoms with van der Waals surface area (Å²) in [6.45, 7) is 0. The Morgan fingerprint density at radius 3 is 2.45 bits per heavy atom. The van der Waals surface area contributed by atoms with E-state index in [-0.39, 0.29) is 23.5 Å². The zero-order valence-corrected chi connectivity index (χ0v) is 10.1. The van der Waals surface area contributed by atoms with Gasteiger partial charge < -0.3 is 10.6 Å². The quantitative estimate of drug-likeness (QED) is 0.629. The zero-order chi connectivity index (χ0) is 14.3. The molecular formula is C12H10N4O4. The Labute approximate surface area is 113 Å². The third-order valence-electron chi connectivity index (χ3n) is 3.28. The number of nitrogens with one attached hydrogen (secondary N) is 2. The molecule has 0 saturated carbocycles. The number of allylic oxidation sites excluding steroid dienone is 1. The van der Waals surface area contributed by atoms with Gasteiger partial charge in [0.25, 0.3) is 11.4 Å². The van der Waals surface area contributed by atoms with Gasteiger partial charge in [-0.3, -0.25) is 20.2 Å². The monoisotopic (exact) mass is 274 g/mol. The number of hydrogen-bond donors (Lipinski definition) is 2. The Hall–Kier alpha value is -2.90. The van der Waals surface area contributed by atoms with Crippen molar-refractivity contribution in [2.45, 2.75) is 12.1 Å². The van der Waals surface area contributed by atoms with Gasteiger partial charge in [-0.1, -0.05) is 6.08 Å². The maximum atomic E-state index is 10.8. The standard InChI is InChI=1S/C12H10N4O4/c17-15(18)7-1-3-9-11(5-7)14-10-4-2-8(16(19)20)6-12(10)13-9/h1-6,9,11,13-14H. The lowest BCUT2D eigenvalue weighted by atomic mass is 9.97. The molecule has 0 amide bonds. The summed E-state index contributed by atoms with van der Waals surface area (Å²) in [4.78, 5) is 20.6. The van der Waals surface area contributed by atoms with Crippen LogP contribution in [0.2, 0.25) is 0 Å². The van der Waals surface area contributed by atoms with E-state index >= 15 is 0 Å². The van der Waals surface area contributed by atoms with Crippen LogP contribution in [0.25, 0.3) is 0 Å². The van der Waals surface area contributed by atoms with Crippen molar-refractivity contribution in [1.82, 2.24) is 0 Å². The highest BCUT2D eigenvalue weighted by molar-refractivity contribution is 5.76. The minimum absolute atomic E-state index is 0.00203. The van der Waals surface area contributed by atoms with E-state index in [2.05, 4.69) is 10.6 Å². The van der Waals surface area contributed by atoms with E-state index < -0.39 is 9.85 Å². The van der Waals surface area contributed by atoms with Crippen molar-refractivity contribution in [3.05, 3.63) is 62.4 Å². The summed E-state index contributed by atoms with van der Waals surface area (Å²) in [6.07, 6.45) is 4.64. The average molecular weight is 274 g/mol. The minimum atomic E-state index is -0.463. The Bertz CT molecular complexity index is 667. The molecule has 1 heterocycles. The van der Waals surface area contributed by atoms with Crippen molar-refractivity contribution >= 4 is 17.1 Å². The number of benzene rings is 1. The largest absolute Gasteiger partial charge is 0.375 e. The fraction of sp³-hybridized carbons (Fsp3) is 0.167. The van der Waals surface area contributed by atoms with Crippen LogP contribution >= 0.6 is 0 Å². The number of fused-ring (bicyclic) bond motifs is 2. The molecule has 8 nitrogen and oxygen atoms in total. The molecule has 1 aromatic rings. The molecule has 1 aliphatic carbocycles. The maximum absolute atomic E-state index is 10.8. The van der Waals surface area contributed by atoms with E-state index in [0.717, 1.165) is 0 Å². The summed E-state index contributed by atoms with van der Waals surface area (Å²) < 4.78 is 0. The van der Waals surface area contributed by atoms with Crippen LogP contribution in [0.5, 0.6) is 0 Å².